The summed E-state index contributed by atoms with van der Waals surface area (Å²) in [6, 6.07) is 14.4. The van der Waals surface area contributed by atoms with Crippen LogP contribution in [0.1, 0.15) is 36.9 Å². The molecule has 7 rings (SSSR count). The van der Waals surface area contributed by atoms with E-state index in [1.807, 2.05) is 0 Å². The third-order valence-corrected chi connectivity index (χ3v) is 12.3. The number of rotatable bonds is 11. The molecule has 0 aliphatic carbocycles. The van der Waals surface area contributed by atoms with Crippen LogP contribution in [-0.4, -0.2) is 110 Å². The first-order valence-electron chi connectivity index (χ1n) is 17.6. The molecule has 5 heterocycles. The summed E-state index contributed by atoms with van der Waals surface area (Å²) < 4.78 is 18.7. The number of likely N-dealkylation sites (N-methyl/N-ethyl adjacent to an activating group) is 1. The summed E-state index contributed by atoms with van der Waals surface area (Å²) >= 11 is 0. The number of likely N-dealkylation sites (tertiary alicyclic amines) is 1. The number of ether oxygens (including phenoxy) is 3. The molecule has 0 unspecified atom stereocenters. The highest BCUT2D eigenvalue weighted by Gasteiger charge is 2.44. The van der Waals surface area contributed by atoms with Gasteiger partial charge in [0.25, 0.3) is 0 Å². The van der Waals surface area contributed by atoms with Crippen molar-refractivity contribution < 1.29 is 24.1 Å². The van der Waals surface area contributed by atoms with E-state index in [1.54, 1.807) is 4.90 Å². The Hall–Kier alpha value is -3.61. The molecule has 12 heteroatoms. The Balaban J connectivity index is 1.18. The predicted octanol–water partition coefficient (Wildman–Crippen LogP) is 5.69. The van der Waals surface area contributed by atoms with Gasteiger partial charge in [-0.1, -0.05) is 50.0 Å². The molecule has 0 radical (unpaired) electrons. The van der Waals surface area contributed by atoms with Crippen LogP contribution in [-0.2, 0) is 17.7 Å². The lowest BCUT2D eigenvalue weighted by atomic mass is 10.0. The number of aromatic nitrogens is 2. The Morgan fingerprint density at radius 1 is 0.979 bits per heavy atom. The van der Waals surface area contributed by atoms with E-state index in [-0.39, 0.29) is 18.9 Å². The average Bonchev–Trinajstić information content (AvgIpc) is 3.60. The van der Waals surface area contributed by atoms with Gasteiger partial charge in [-0.2, -0.15) is 9.97 Å². The van der Waals surface area contributed by atoms with Gasteiger partial charge in [0.15, 0.2) is 6.79 Å². The highest BCUT2D eigenvalue weighted by molar-refractivity contribution is 6.76. The zero-order valence-electron chi connectivity index (χ0n) is 28.9. The number of hydrogen-bond acceptors (Lipinski definition) is 9. The quantitative estimate of drug-likeness (QED) is 0.155. The van der Waals surface area contributed by atoms with E-state index in [9.17, 15) is 9.90 Å². The first-order chi connectivity index (χ1) is 23.1. The molecule has 11 nitrogen and oxygen atoms in total. The van der Waals surface area contributed by atoms with E-state index in [0.29, 0.717) is 44.9 Å². The zero-order valence-corrected chi connectivity index (χ0v) is 29.9. The predicted molar refractivity (Wildman–Crippen MR) is 190 cm³/mol. The molecule has 1 aromatic heterocycles. The molecule has 2 bridgehead atoms. The van der Waals surface area contributed by atoms with E-state index in [0.717, 1.165) is 84.1 Å². The number of anilines is 2. The number of nitrogens with zero attached hydrogens (tertiary/aromatic N) is 6. The van der Waals surface area contributed by atoms with Crippen LogP contribution in [0.4, 0.5) is 16.3 Å². The maximum Gasteiger partial charge on any atom is 0.407 e. The maximum absolute atomic E-state index is 12.0. The minimum absolute atomic E-state index is 0.0215. The van der Waals surface area contributed by atoms with Gasteiger partial charge in [0.2, 0.25) is 0 Å². The fourth-order valence-corrected chi connectivity index (χ4v) is 8.63. The van der Waals surface area contributed by atoms with Crippen LogP contribution in [0, 0.1) is 0 Å². The second kappa shape index (κ2) is 13.7. The number of piperazine rings is 1. The van der Waals surface area contributed by atoms with Gasteiger partial charge in [-0.05, 0) is 63.2 Å². The van der Waals surface area contributed by atoms with Gasteiger partial charge in [-0.25, -0.2) is 4.79 Å². The van der Waals surface area contributed by atoms with Crippen LogP contribution >= 0.6 is 0 Å². The molecule has 0 saturated carbocycles. The standard InChI is InChI=1S/C36H50N6O5Si/c1-39-16-7-9-28(39)23-46-35-37-31-22-40(17-15-30(31)34(38-35)41-20-26-12-13-27(21-41)42(26)36(43)44)33-29-10-6-5-8-25(29)11-14-32(33)47-24-45-18-19-48(2,3)4/h5-6,8,10-11,14,26-28H,7,9,12-13,15-24H2,1-4H3,(H,43,44)/t26-,27+,28-/m0/s1. The van der Waals surface area contributed by atoms with Crippen molar-refractivity contribution in [1.29, 1.82) is 0 Å². The summed E-state index contributed by atoms with van der Waals surface area (Å²) in [7, 11) is 0.958. The molecule has 4 aliphatic rings. The number of hydrogen-bond donors (Lipinski definition) is 1. The largest absolute Gasteiger partial charge is 0.465 e. The Labute approximate surface area is 284 Å². The molecule has 2 aromatic carbocycles. The van der Waals surface area contributed by atoms with Gasteiger partial charge >= 0.3 is 12.1 Å². The number of amides is 1. The minimum atomic E-state index is -1.19. The van der Waals surface area contributed by atoms with E-state index in [4.69, 9.17) is 24.2 Å². The molecule has 1 N–H and O–H groups in total. The van der Waals surface area contributed by atoms with Crippen molar-refractivity contribution in [2.45, 2.75) is 82.5 Å². The van der Waals surface area contributed by atoms with Crippen LogP contribution < -0.4 is 19.3 Å². The highest BCUT2D eigenvalue weighted by atomic mass is 28.3. The van der Waals surface area contributed by atoms with Crippen LogP contribution in [0.5, 0.6) is 11.8 Å². The Bertz CT molecular complexity index is 1620. The first-order valence-corrected chi connectivity index (χ1v) is 21.3. The van der Waals surface area contributed by atoms with Crippen LogP contribution in [0.25, 0.3) is 10.8 Å². The highest BCUT2D eigenvalue weighted by Crippen LogP contribution is 2.41. The zero-order chi connectivity index (χ0) is 33.4. The van der Waals surface area contributed by atoms with Crippen molar-refractivity contribution in [3.63, 3.8) is 0 Å². The van der Waals surface area contributed by atoms with Crippen molar-refractivity contribution in [3.8, 4) is 11.8 Å². The number of benzene rings is 2. The Morgan fingerprint density at radius 3 is 2.50 bits per heavy atom. The number of fused-ring (bicyclic) bond motifs is 4. The van der Waals surface area contributed by atoms with E-state index >= 15 is 0 Å². The monoisotopic (exact) mass is 674 g/mol. The molecule has 3 atom stereocenters. The van der Waals surface area contributed by atoms with Crippen molar-refractivity contribution in [2.75, 3.05) is 63.0 Å². The molecule has 0 spiro atoms. The van der Waals surface area contributed by atoms with Crippen LogP contribution in [0.3, 0.4) is 0 Å². The Kier molecular flexibility index (Phi) is 9.40. The van der Waals surface area contributed by atoms with Gasteiger partial charge < -0.3 is 34.0 Å². The molecule has 4 aliphatic heterocycles. The summed E-state index contributed by atoms with van der Waals surface area (Å²) in [6.45, 7) is 12.3. The summed E-state index contributed by atoms with van der Waals surface area (Å²) in [5.74, 6) is 1.71. The fourth-order valence-electron chi connectivity index (χ4n) is 7.87. The van der Waals surface area contributed by atoms with Crippen molar-refractivity contribution >= 4 is 36.4 Å². The lowest BCUT2D eigenvalue weighted by molar-refractivity contribution is 0.0224. The molecule has 3 aromatic rings. The number of carboxylic acid groups (broad SMARTS) is 1. The summed E-state index contributed by atoms with van der Waals surface area (Å²) in [4.78, 5) is 30.8. The van der Waals surface area contributed by atoms with Gasteiger partial charge in [-0.3, -0.25) is 4.90 Å². The van der Waals surface area contributed by atoms with Gasteiger partial charge in [0, 0.05) is 51.3 Å². The Morgan fingerprint density at radius 2 is 1.77 bits per heavy atom. The van der Waals surface area contributed by atoms with Crippen molar-refractivity contribution in [2.24, 2.45) is 0 Å². The molecule has 258 valence electrons. The van der Waals surface area contributed by atoms with Crippen molar-refractivity contribution in [3.05, 3.63) is 47.7 Å². The second-order valence-electron chi connectivity index (χ2n) is 15.1. The number of carbonyl (C=O) groups is 1. The summed E-state index contributed by atoms with van der Waals surface area (Å²) in [6.07, 6.45) is 4.00. The summed E-state index contributed by atoms with van der Waals surface area (Å²) in [5.41, 5.74) is 3.15. The molecule has 3 fully saturated rings. The molecular formula is C36H50N6O5Si. The van der Waals surface area contributed by atoms with Crippen molar-refractivity contribution in [1.82, 2.24) is 19.8 Å². The minimum Gasteiger partial charge on any atom is -0.465 e. The summed E-state index contributed by atoms with van der Waals surface area (Å²) in [5, 5.41) is 12.2. The van der Waals surface area contributed by atoms with Gasteiger partial charge in [-0.15, -0.1) is 0 Å². The van der Waals surface area contributed by atoms with Gasteiger partial charge in [0.1, 0.15) is 18.2 Å². The van der Waals surface area contributed by atoms with E-state index < -0.39 is 14.2 Å². The first kappa shape index (κ1) is 32.9. The molecule has 48 heavy (non-hydrogen) atoms. The van der Waals surface area contributed by atoms with E-state index in [2.05, 4.69) is 77.8 Å². The topological polar surface area (TPSA) is 104 Å². The maximum atomic E-state index is 12.0. The second-order valence-corrected chi connectivity index (χ2v) is 20.7. The van der Waals surface area contributed by atoms with Crippen LogP contribution in [0.15, 0.2) is 36.4 Å². The SMILES string of the molecule is CN1CCC[C@H]1COc1nc2c(c(N3C[C@H]4CC[C@@H](C3)N4C(=O)O)n1)CCN(c1c(OCOCC[Si](C)(C)C)ccc3ccccc13)C2. The average molecular weight is 675 g/mol. The molecular weight excluding hydrogens is 625 g/mol. The van der Waals surface area contributed by atoms with E-state index in [1.165, 1.54) is 6.42 Å². The fraction of sp³-hybridized carbons (Fsp3) is 0.583. The lowest BCUT2D eigenvalue weighted by Gasteiger charge is -2.41. The molecule has 3 saturated heterocycles. The smallest absolute Gasteiger partial charge is 0.407 e. The third-order valence-electron chi connectivity index (χ3n) is 10.6. The van der Waals surface area contributed by atoms with Crippen LogP contribution in [0.2, 0.25) is 25.7 Å². The molecule has 1 amide bonds. The third kappa shape index (κ3) is 6.93. The normalized spacial score (nSPS) is 22.8. The van der Waals surface area contributed by atoms with Gasteiger partial charge in [0.05, 0.1) is 30.0 Å². The lowest BCUT2D eigenvalue weighted by Crippen LogP contribution is -2.56.